The summed E-state index contributed by atoms with van der Waals surface area (Å²) < 4.78 is 1.71. The van der Waals surface area contributed by atoms with E-state index in [2.05, 4.69) is 10.1 Å². The predicted molar refractivity (Wildman–Crippen MR) is 106 cm³/mol. The molecular weight excluding hydrogens is 352 g/mol. The minimum absolute atomic E-state index is 0.315. The lowest BCUT2D eigenvalue weighted by molar-refractivity contribution is 0.0926. The zero-order valence-electron chi connectivity index (χ0n) is 15.4. The molecule has 0 radical (unpaired) electrons. The zero-order chi connectivity index (χ0) is 19.4. The highest BCUT2D eigenvalue weighted by Gasteiger charge is 2.40. The van der Waals surface area contributed by atoms with Crippen LogP contribution in [0.3, 0.4) is 0 Å². The molecule has 6 heteroatoms. The van der Waals surface area contributed by atoms with Gasteiger partial charge in [0, 0.05) is 6.20 Å². The van der Waals surface area contributed by atoms with Crippen molar-refractivity contribution in [1.29, 1.82) is 0 Å². The number of hydrogen-bond donors (Lipinski definition) is 0. The Morgan fingerprint density at radius 2 is 1.61 bits per heavy atom. The number of aryl methyl sites for hydroxylation is 2. The van der Waals surface area contributed by atoms with Crippen LogP contribution in [0.1, 0.15) is 32.0 Å². The van der Waals surface area contributed by atoms with Crippen LogP contribution < -0.4 is 4.90 Å². The van der Waals surface area contributed by atoms with Crippen LogP contribution in [0.4, 0.5) is 5.69 Å². The molecule has 2 aromatic heterocycles. The first-order chi connectivity index (χ1) is 13.6. The average Bonchev–Trinajstić information content (AvgIpc) is 3.17. The minimum atomic E-state index is -0.355. The molecule has 136 valence electrons. The summed E-state index contributed by atoms with van der Waals surface area (Å²) in [5.41, 5.74) is 4.30. The van der Waals surface area contributed by atoms with Crippen LogP contribution in [0.15, 0.2) is 60.8 Å². The number of pyridine rings is 1. The van der Waals surface area contributed by atoms with Crippen molar-refractivity contribution in [3.05, 3.63) is 83.2 Å². The number of aromatic nitrogens is 3. The normalized spacial score (nSPS) is 13.4. The van der Waals surface area contributed by atoms with E-state index in [9.17, 15) is 9.59 Å². The number of carbonyl (C=O) groups excluding carboxylic acids is 2. The molecule has 1 aliphatic heterocycles. The number of hydrogen-bond acceptors (Lipinski definition) is 4. The van der Waals surface area contributed by atoms with Crippen molar-refractivity contribution in [2.75, 3.05) is 4.90 Å². The fourth-order valence-electron chi connectivity index (χ4n) is 3.71. The van der Waals surface area contributed by atoms with E-state index in [0.717, 1.165) is 11.3 Å². The lowest BCUT2D eigenvalue weighted by Crippen LogP contribution is -2.29. The number of anilines is 1. The highest BCUT2D eigenvalue weighted by atomic mass is 16.2. The summed E-state index contributed by atoms with van der Waals surface area (Å²) >= 11 is 0. The lowest BCUT2D eigenvalue weighted by atomic mass is 10.1. The van der Waals surface area contributed by atoms with Gasteiger partial charge in [0.2, 0.25) is 0 Å². The first-order valence-electron chi connectivity index (χ1n) is 8.95. The predicted octanol–water partition coefficient (Wildman–Crippen LogP) is 3.84. The van der Waals surface area contributed by atoms with Gasteiger partial charge in [0.25, 0.3) is 11.8 Å². The fraction of sp³-hybridized carbons (Fsp3) is 0.0909. The van der Waals surface area contributed by atoms with Gasteiger partial charge in [0.15, 0.2) is 5.65 Å². The number of carbonyl (C=O) groups is 2. The van der Waals surface area contributed by atoms with Gasteiger partial charge in [0.05, 0.1) is 33.6 Å². The van der Waals surface area contributed by atoms with E-state index in [1.54, 1.807) is 10.7 Å². The average molecular weight is 368 g/mol. The molecule has 28 heavy (non-hydrogen) atoms. The summed E-state index contributed by atoms with van der Waals surface area (Å²) in [7, 11) is 0. The van der Waals surface area contributed by atoms with Crippen molar-refractivity contribution in [2.24, 2.45) is 0 Å². The highest BCUT2D eigenvalue weighted by Crippen LogP contribution is 2.34. The first kappa shape index (κ1) is 16.4. The molecule has 1 aliphatic rings. The van der Waals surface area contributed by atoms with Gasteiger partial charge < -0.3 is 0 Å². The number of rotatable bonds is 2. The molecule has 0 saturated carbocycles. The maximum atomic E-state index is 13.3. The van der Waals surface area contributed by atoms with E-state index in [4.69, 9.17) is 0 Å². The molecule has 4 aromatic rings. The standard InChI is InChI=1S/C22H16N4O2/c1-13-7-6-10-16(11-13)25-21(27)17-12-23-20-18(19(17)22(25)28)14(2)24-26(20)15-8-4-3-5-9-15/h3-12H,1-2H3. The fourth-order valence-corrected chi connectivity index (χ4v) is 3.71. The Kier molecular flexibility index (Phi) is 3.42. The monoisotopic (exact) mass is 368 g/mol. The summed E-state index contributed by atoms with van der Waals surface area (Å²) in [5.74, 6) is -0.694. The molecule has 6 nitrogen and oxygen atoms in total. The maximum Gasteiger partial charge on any atom is 0.267 e. The van der Waals surface area contributed by atoms with Gasteiger partial charge in [0.1, 0.15) is 0 Å². The summed E-state index contributed by atoms with van der Waals surface area (Å²) in [5, 5.41) is 5.20. The van der Waals surface area contributed by atoms with Gasteiger partial charge in [-0.05, 0) is 43.7 Å². The Hall–Kier alpha value is -3.80. The molecule has 0 atom stereocenters. The van der Waals surface area contributed by atoms with Crippen LogP contribution >= 0.6 is 0 Å². The van der Waals surface area contributed by atoms with E-state index in [1.807, 2.05) is 62.4 Å². The third kappa shape index (κ3) is 2.21. The summed E-state index contributed by atoms with van der Waals surface area (Å²) in [6.07, 6.45) is 1.48. The van der Waals surface area contributed by atoms with E-state index < -0.39 is 0 Å². The van der Waals surface area contributed by atoms with Crippen molar-refractivity contribution in [2.45, 2.75) is 13.8 Å². The number of benzene rings is 2. The molecule has 2 aromatic carbocycles. The van der Waals surface area contributed by atoms with E-state index in [0.29, 0.717) is 33.5 Å². The first-order valence-corrected chi connectivity index (χ1v) is 8.95. The van der Waals surface area contributed by atoms with Gasteiger partial charge in [-0.1, -0.05) is 30.3 Å². The van der Waals surface area contributed by atoms with Crippen LogP contribution in [-0.4, -0.2) is 26.6 Å². The molecule has 2 amide bonds. The van der Waals surface area contributed by atoms with E-state index in [-0.39, 0.29) is 11.8 Å². The molecule has 0 N–H and O–H groups in total. The van der Waals surface area contributed by atoms with E-state index >= 15 is 0 Å². The van der Waals surface area contributed by atoms with Gasteiger partial charge in [-0.2, -0.15) is 5.10 Å². The van der Waals surface area contributed by atoms with Gasteiger partial charge >= 0.3 is 0 Å². The number of para-hydroxylation sites is 1. The van der Waals surface area contributed by atoms with Crippen molar-refractivity contribution in [3.63, 3.8) is 0 Å². The number of imide groups is 1. The van der Waals surface area contributed by atoms with Crippen molar-refractivity contribution < 1.29 is 9.59 Å². The Morgan fingerprint density at radius 3 is 2.36 bits per heavy atom. The second-order valence-corrected chi connectivity index (χ2v) is 6.86. The smallest absolute Gasteiger partial charge is 0.267 e. The molecule has 0 unspecified atom stereocenters. The lowest BCUT2D eigenvalue weighted by Gasteiger charge is -2.14. The Morgan fingerprint density at radius 1 is 0.857 bits per heavy atom. The quantitative estimate of drug-likeness (QED) is 0.504. The zero-order valence-corrected chi connectivity index (χ0v) is 15.4. The number of nitrogens with zero attached hydrogens (tertiary/aromatic N) is 4. The topological polar surface area (TPSA) is 68.1 Å². The minimum Gasteiger partial charge on any atom is -0.268 e. The van der Waals surface area contributed by atoms with Gasteiger partial charge in [-0.25, -0.2) is 14.6 Å². The Labute approximate surface area is 161 Å². The molecule has 0 bridgehead atoms. The molecule has 0 fully saturated rings. The van der Waals surface area contributed by atoms with Gasteiger partial charge in [-0.3, -0.25) is 9.59 Å². The van der Waals surface area contributed by atoms with Crippen molar-refractivity contribution in [1.82, 2.24) is 14.8 Å². The molecule has 3 heterocycles. The third-order valence-electron chi connectivity index (χ3n) is 4.98. The second kappa shape index (κ2) is 5.85. The molecular formula is C22H16N4O2. The van der Waals surface area contributed by atoms with Crippen LogP contribution in [0.5, 0.6) is 0 Å². The SMILES string of the molecule is Cc1cccc(N2C(=O)c3cnc4c(c(C)nn4-c4ccccc4)c3C2=O)c1. The maximum absolute atomic E-state index is 13.3. The summed E-state index contributed by atoms with van der Waals surface area (Å²) in [4.78, 5) is 32.0. The van der Waals surface area contributed by atoms with Crippen molar-refractivity contribution >= 4 is 28.5 Å². The number of fused-ring (bicyclic) bond motifs is 3. The molecule has 0 spiro atoms. The molecule has 0 aliphatic carbocycles. The van der Waals surface area contributed by atoms with Crippen LogP contribution in [-0.2, 0) is 0 Å². The summed E-state index contributed by atoms with van der Waals surface area (Å²) in [6.45, 7) is 3.76. The molecule has 5 rings (SSSR count). The number of amides is 2. The van der Waals surface area contributed by atoms with Crippen LogP contribution in [0, 0.1) is 13.8 Å². The van der Waals surface area contributed by atoms with Crippen molar-refractivity contribution in [3.8, 4) is 5.69 Å². The Bertz CT molecular complexity index is 1270. The molecule has 0 saturated heterocycles. The van der Waals surface area contributed by atoms with Crippen LogP contribution in [0.25, 0.3) is 16.7 Å². The third-order valence-corrected chi connectivity index (χ3v) is 4.98. The second-order valence-electron chi connectivity index (χ2n) is 6.86. The largest absolute Gasteiger partial charge is 0.268 e. The van der Waals surface area contributed by atoms with Crippen LogP contribution in [0.2, 0.25) is 0 Å². The van der Waals surface area contributed by atoms with E-state index in [1.165, 1.54) is 11.1 Å². The summed E-state index contributed by atoms with van der Waals surface area (Å²) in [6, 6.07) is 17.0. The Balaban J connectivity index is 1.73. The van der Waals surface area contributed by atoms with Gasteiger partial charge in [-0.15, -0.1) is 0 Å². The highest BCUT2D eigenvalue weighted by molar-refractivity contribution is 6.37.